The van der Waals surface area contributed by atoms with Crippen molar-refractivity contribution < 1.29 is 4.39 Å². The summed E-state index contributed by atoms with van der Waals surface area (Å²) >= 11 is 0. The van der Waals surface area contributed by atoms with Crippen molar-refractivity contribution in [3.05, 3.63) is 66.5 Å². The average Bonchev–Trinajstić information content (AvgIpc) is 3.34. The Kier molecular flexibility index (Phi) is 4.48. The number of nitrogens with one attached hydrogen (secondary N) is 1. The fourth-order valence-electron chi connectivity index (χ4n) is 3.86. The first-order valence-corrected chi connectivity index (χ1v) is 9.66. The van der Waals surface area contributed by atoms with Crippen molar-refractivity contribution in [2.24, 2.45) is 0 Å². The molecule has 8 heteroatoms. The molecular weight excluding hydrogens is 381 g/mol. The lowest BCUT2D eigenvalue weighted by Crippen LogP contribution is -2.47. The highest BCUT2D eigenvalue weighted by molar-refractivity contribution is 5.92. The fourth-order valence-corrected chi connectivity index (χ4v) is 3.86. The van der Waals surface area contributed by atoms with Gasteiger partial charge in [-0.25, -0.2) is 14.4 Å². The van der Waals surface area contributed by atoms with Crippen LogP contribution in [0.2, 0.25) is 0 Å². The van der Waals surface area contributed by atoms with Gasteiger partial charge in [-0.2, -0.15) is 10.4 Å². The van der Waals surface area contributed by atoms with Crippen LogP contribution < -0.4 is 9.80 Å². The van der Waals surface area contributed by atoms with Crippen LogP contribution in [0.1, 0.15) is 5.56 Å². The summed E-state index contributed by atoms with van der Waals surface area (Å²) in [6, 6.07) is 12.7. The van der Waals surface area contributed by atoms with E-state index in [2.05, 4.69) is 36.0 Å². The maximum atomic E-state index is 13.6. The Labute approximate surface area is 172 Å². The van der Waals surface area contributed by atoms with Crippen LogP contribution in [0, 0.1) is 17.1 Å². The molecule has 5 rings (SSSR count). The van der Waals surface area contributed by atoms with E-state index in [0.717, 1.165) is 59.7 Å². The predicted molar refractivity (Wildman–Crippen MR) is 113 cm³/mol. The van der Waals surface area contributed by atoms with Gasteiger partial charge >= 0.3 is 0 Å². The molecule has 1 N–H and O–H groups in total. The molecule has 2 aromatic heterocycles. The normalized spacial score (nSPS) is 14.1. The highest BCUT2D eigenvalue weighted by Gasteiger charge is 2.21. The van der Waals surface area contributed by atoms with Crippen molar-refractivity contribution in [3.8, 4) is 17.2 Å². The number of benzene rings is 2. The summed E-state index contributed by atoms with van der Waals surface area (Å²) in [5.74, 6) is 0.419. The summed E-state index contributed by atoms with van der Waals surface area (Å²) in [5.41, 5.74) is 3.90. The van der Waals surface area contributed by atoms with Crippen molar-refractivity contribution in [3.63, 3.8) is 0 Å². The minimum absolute atomic E-state index is 0.0727. The van der Waals surface area contributed by atoms with Gasteiger partial charge in [0.1, 0.15) is 24.0 Å². The van der Waals surface area contributed by atoms with Crippen molar-refractivity contribution >= 4 is 22.4 Å². The maximum absolute atomic E-state index is 13.6. The summed E-state index contributed by atoms with van der Waals surface area (Å²) in [6.07, 6.45) is 5.25. The van der Waals surface area contributed by atoms with Crippen LogP contribution in [-0.2, 0) is 0 Å². The van der Waals surface area contributed by atoms with Gasteiger partial charge in [0.2, 0.25) is 0 Å². The van der Waals surface area contributed by atoms with E-state index in [0.29, 0.717) is 0 Å². The minimum atomic E-state index is -0.485. The molecule has 0 spiro atoms. The average molecular weight is 399 g/mol. The topological polar surface area (TPSA) is 84.7 Å². The summed E-state index contributed by atoms with van der Waals surface area (Å²) in [6.45, 7) is 3.04. The summed E-state index contributed by atoms with van der Waals surface area (Å²) in [5, 5.41) is 17.0. The van der Waals surface area contributed by atoms with Gasteiger partial charge in [0, 0.05) is 49.0 Å². The second-order valence-corrected chi connectivity index (χ2v) is 7.17. The number of hydrogen-bond donors (Lipinski definition) is 1. The van der Waals surface area contributed by atoms with E-state index in [1.807, 2.05) is 24.4 Å². The zero-order valence-corrected chi connectivity index (χ0v) is 16.1. The van der Waals surface area contributed by atoms with E-state index in [1.165, 1.54) is 6.07 Å². The molecule has 0 unspecified atom stereocenters. The first-order chi connectivity index (χ1) is 14.7. The summed E-state index contributed by atoms with van der Waals surface area (Å²) in [7, 11) is 0. The lowest BCUT2D eigenvalue weighted by atomic mass is 10.1. The number of hydrogen-bond acceptors (Lipinski definition) is 6. The zero-order chi connectivity index (χ0) is 20.5. The lowest BCUT2D eigenvalue weighted by Gasteiger charge is -2.37. The lowest BCUT2D eigenvalue weighted by molar-refractivity contribution is 0.620. The Hall–Kier alpha value is -3.99. The van der Waals surface area contributed by atoms with Gasteiger partial charge in [-0.3, -0.25) is 5.10 Å². The fraction of sp³-hybridized carbons (Fsp3) is 0.182. The molecule has 0 atom stereocenters. The van der Waals surface area contributed by atoms with Gasteiger partial charge in [-0.15, -0.1) is 0 Å². The van der Waals surface area contributed by atoms with Gasteiger partial charge in [-0.1, -0.05) is 6.07 Å². The van der Waals surface area contributed by atoms with E-state index in [1.54, 1.807) is 24.7 Å². The number of halogens is 1. The number of H-pyrrole nitrogens is 1. The van der Waals surface area contributed by atoms with Crippen LogP contribution in [0.25, 0.3) is 22.0 Å². The standard InChI is InChI=1S/C22H18FN7/c23-20-3-2-18(9-16(20)11-24)29-5-7-30(8-6-29)22-19-10-15(17-12-27-28-13-17)1-4-21(19)25-14-26-22/h1-4,9-10,12-14H,5-8H2,(H,27,28). The van der Waals surface area contributed by atoms with Crippen LogP contribution >= 0.6 is 0 Å². The highest BCUT2D eigenvalue weighted by Crippen LogP contribution is 2.29. The Morgan fingerprint density at radius 2 is 1.80 bits per heavy atom. The van der Waals surface area contributed by atoms with Gasteiger partial charge in [0.05, 0.1) is 17.3 Å². The molecule has 0 saturated carbocycles. The number of aromatic nitrogens is 4. The van der Waals surface area contributed by atoms with Crippen LogP contribution in [0.5, 0.6) is 0 Å². The zero-order valence-electron chi connectivity index (χ0n) is 16.1. The Bertz CT molecular complexity index is 1240. The third kappa shape index (κ3) is 3.20. The van der Waals surface area contributed by atoms with Gasteiger partial charge in [0.25, 0.3) is 0 Å². The third-order valence-corrected chi connectivity index (χ3v) is 5.46. The second kappa shape index (κ2) is 7.44. The summed E-state index contributed by atoms with van der Waals surface area (Å²) in [4.78, 5) is 13.4. The monoisotopic (exact) mass is 399 g/mol. The van der Waals surface area contributed by atoms with Crippen LogP contribution in [0.3, 0.4) is 0 Å². The SMILES string of the molecule is N#Cc1cc(N2CCN(c3ncnc4ccc(-c5cn[nH]c5)cc34)CC2)ccc1F. The van der Waals surface area contributed by atoms with E-state index < -0.39 is 5.82 Å². The Morgan fingerprint density at radius 1 is 0.967 bits per heavy atom. The number of aromatic amines is 1. The quantitative estimate of drug-likeness (QED) is 0.569. The molecule has 1 aliphatic rings. The first-order valence-electron chi connectivity index (χ1n) is 9.66. The first kappa shape index (κ1) is 18.1. The molecule has 3 heterocycles. The number of nitrogens with zero attached hydrogens (tertiary/aromatic N) is 6. The molecule has 30 heavy (non-hydrogen) atoms. The Morgan fingerprint density at radius 3 is 2.57 bits per heavy atom. The molecule has 0 aliphatic carbocycles. The van der Waals surface area contributed by atoms with E-state index in [-0.39, 0.29) is 5.56 Å². The summed E-state index contributed by atoms with van der Waals surface area (Å²) < 4.78 is 13.6. The van der Waals surface area contributed by atoms with Crippen molar-refractivity contribution in [1.29, 1.82) is 5.26 Å². The molecule has 4 aromatic rings. The van der Waals surface area contributed by atoms with Crippen LogP contribution in [-0.4, -0.2) is 46.3 Å². The van der Waals surface area contributed by atoms with E-state index >= 15 is 0 Å². The Balaban J connectivity index is 1.41. The van der Waals surface area contributed by atoms with Crippen LogP contribution in [0.15, 0.2) is 55.1 Å². The highest BCUT2D eigenvalue weighted by atomic mass is 19.1. The van der Waals surface area contributed by atoms with E-state index in [9.17, 15) is 4.39 Å². The third-order valence-electron chi connectivity index (χ3n) is 5.46. The number of anilines is 2. The molecular formula is C22H18FN7. The second-order valence-electron chi connectivity index (χ2n) is 7.17. The molecule has 1 fully saturated rings. The predicted octanol–water partition coefficient (Wildman–Crippen LogP) is 3.36. The van der Waals surface area contributed by atoms with Gasteiger partial charge in [-0.05, 0) is 35.9 Å². The molecule has 7 nitrogen and oxygen atoms in total. The van der Waals surface area contributed by atoms with Crippen LogP contribution in [0.4, 0.5) is 15.9 Å². The van der Waals surface area contributed by atoms with Crippen molar-refractivity contribution in [2.45, 2.75) is 0 Å². The minimum Gasteiger partial charge on any atom is -0.368 e. The van der Waals surface area contributed by atoms with Crippen molar-refractivity contribution in [1.82, 2.24) is 20.2 Å². The van der Waals surface area contributed by atoms with Crippen molar-refractivity contribution in [2.75, 3.05) is 36.0 Å². The smallest absolute Gasteiger partial charge is 0.141 e. The maximum Gasteiger partial charge on any atom is 0.141 e. The number of fused-ring (bicyclic) bond motifs is 1. The van der Waals surface area contributed by atoms with Gasteiger partial charge < -0.3 is 9.80 Å². The molecule has 0 radical (unpaired) electrons. The molecule has 148 valence electrons. The number of rotatable bonds is 3. The molecule has 1 aliphatic heterocycles. The number of piperazine rings is 1. The van der Waals surface area contributed by atoms with Gasteiger partial charge in [0.15, 0.2) is 0 Å². The van der Waals surface area contributed by atoms with E-state index in [4.69, 9.17) is 5.26 Å². The number of nitriles is 1. The molecule has 0 bridgehead atoms. The largest absolute Gasteiger partial charge is 0.368 e. The molecule has 2 aromatic carbocycles. The molecule has 0 amide bonds. The molecule has 1 saturated heterocycles.